The molecule has 1 atom stereocenters. The number of benzene rings is 2. The topological polar surface area (TPSA) is 84.5 Å². The lowest BCUT2D eigenvalue weighted by molar-refractivity contribution is -0.150. The van der Waals surface area contributed by atoms with Crippen molar-refractivity contribution in [3.8, 4) is 0 Å². The van der Waals surface area contributed by atoms with Gasteiger partial charge in [-0.05, 0) is 60.6 Å². The number of nitrogens with one attached hydrogen (secondary N) is 2. The SMILES string of the molecule is CC(C)[C@@H](NC(=O)c1c(F)cccc1F)C(=O)OCC(=O)Nc1ccc2c(c1)CCC2. The van der Waals surface area contributed by atoms with Crippen molar-refractivity contribution >= 4 is 23.5 Å². The molecule has 0 aliphatic heterocycles. The number of aryl methyl sites for hydroxylation is 2. The van der Waals surface area contributed by atoms with Crippen LogP contribution in [0, 0.1) is 17.6 Å². The Morgan fingerprint density at radius 1 is 1.03 bits per heavy atom. The van der Waals surface area contributed by atoms with Gasteiger partial charge in [0.2, 0.25) is 0 Å². The molecule has 0 spiro atoms. The summed E-state index contributed by atoms with van der Waals surface area (Å²) in [5.41, 5.74) is 2.30. The highest BCUT2D eigenvalue weighted by atomic mass is 19.1. The van der Waals surface area contributed by atoms with Crippen LogP contribution in [-0.2, 0) is 27.2 Å². The molecule has 0 saturated carbocycles. The van der Waals surface area contributed by atoms with Crippen molar-refractivity contribution in [1.29, 1.82) is 0 Å². The van der Waals surface area contributed by atoms with Crippen LogP contribution >= 0.6 is 0 Å². The van der Waals surface area contributed by atoms with Crippen molar-refractivity contribution in [3.05, 3.63) is 64.7 Å². The van der Waals surface area contributed by atoms with Gasteiger partial charge in [-0.2, -0.15) is 0 Å². The largest absolute Gasteiger partial charge is 0.454 e. The van der Waals surface area contributed by atoms with Crippen LogP contribution < -0.4 is 10.6 Å². The number of ether oxygens (including phenoxy) is 1. The molecule has 2 aromatic carbocycles. The van der Waals surface area contributed by atoms with Crippen LogP contribution in [0.25, 0.3) is 0 Å². The van der Waals surface area contributed by atoms with E-state index in [0.717, 1.165) is 37.5 Å². The Bertz CT molecular complexity index is 987. The molecule has 0 aromatic heterocycles. The molecular formula is C23H24F2N2O4. The van der Waals surface area contributed by atoms with Gasteiger partial charge >= 0.3 is 5.97 Å². The Morgan fingerprint density at radius 3 is 2.39 bits per heavy atom. The van der Waals surface area contributed by atoms with Crippen molar-refractivity contribution in [1.82, 2.24) is 5.32 Å². The van der Waals surface area contributed by atoms with Crippen LogP contribution in [0.2, 0.25) is 0 Å². The summed E-state index contributed by atoms with van der Waals surface area (Å²) < 4.78 is 32.7. The van der Waals surface area contributed by atoms with E-state index in [9.17, 15) is 23.2 Å². The Morgan fingerprint density at radius 2 is 1.71 bits per heavy atom. The molecule has 0 heterocycles. The standard InChI is InChI=1S/C23H24F2N2O4/c1-13(2)21(27-22(29)20-17(24)7-4-8-18(20)25)23(30)31-12-19(28)26-16-10-9-14-5-3-6-15(14)11-16/h4,7-11,13,21H,3,5-6,12H2,1-2H3,(H,26,28)(H,27,29)/t21-/m1/s1. The first-order valence-electron chi connectivity index (χ1n) is 10.1. The van der Waals surface area contributed by atoms with E-state index in [2.05, 4.69) is 10.6 Å². The number of esters is 1. The van der Waals surface area contributed by atoms with Crippen molar-refractivity contribution in [2.75, 3.05) is 11.9 Å². The molecule has 1 aliphatic carbocycles. The summed E-state index contributed by atoms with van der Waals surface area (Å²) in [7, 11) is 0. The van der Waals surface area contributed by atoms with Gasteiger partial charge in [-0.15, -0.1) is 0 Å². The van der Waals surface area contributed by atoms with Crippen molar-refractivity contribution < 1.29 is 27.9 Å². The first-order chi connectivity index (χ1) is 14.8. The van der Waals surface area contributed by atoms with E-state index in [1.54, 1.807) is 19.9 Å². The number of rotatable bonds is 7. The highest BCUT2D eigenvalue weighted by molar-refractivity contribution is 5.98. The molecule has 2 amide bonds. The van der Waals surface area contributed by atoms with Gasteiger partial charge in [0.25, 0.3) is 11.8 Å². The average molecular weight is 430 g/mol. The quantitative estimate of drug-likeness (QED) is 0.660. The number of hydrogen-bond donors (Lipinski definition) is 2. The molecule has 6 nitrogen and oxygen atoms in total. The summed E-state index contributed by atoms with van der Waals surface area (Å²) in [6.07, 6.45) is 3.08. The monoisotopic (exact) mass is 430 g/mol. The third kappa shape index (κ3) is 5.45. The molecule has 0 fully saturated rings. The molecule has 8 heteroatoms. The number of amides is 2. The Labute approximate surface area is 179 Å². The minimum absolute atomic E-state index is 0.439. The first-order valence-corrected chi connectivity index (χ1v) is 10.1. The molecule has 0 unspecified atom stereocenters. The van der Waals surface area contributed by atoms with Gasteiger partial charge in [-0.1, -0.05) is 26.0 Å². The van der Waals surface area contributed by atoms with Gasteiger partial charge in [0, 0.05) is 5.69 Å². The van der Waals surface area contributed by atoms with E-state index in [0.29, 0.717) is 5.69 Å². The van der Waals surface area contributed by atoms with Gasteiger partial charge in [0.15, 0.2) is 6.61 Å². The maximum absolute atomic E-state index is 13.8. The molecule has 164 valence electrons. The maximum atomic E-state index is 13.8. The van der Waals surface area contributed by atoms with Crippen LogP contribution in [-0.4, -0.2) is 30.4 Å². The van der Waals surface area contributed by atoms with Gasteiger partial charge < -0.3 is 15.4 Å². The fourth-order valence-electron chi connectivity index (χ4n) is 3.50. The zero-order valence-corrected chi connectivity index (χ0v) is 17.3. The Hall–Kier alpha value is -3.29. The van der Waals surface area contributed by atoms with E-state index in [1.807, 2.05) is 12.1 Å². The lowest BCUT2D eigenvalue weighted by Crippen LogP contribution is -2.46. The summed E-state index contributed by atoms with van der Waals surface area (Å²) in [4.78, 5) is 36.9. The van der Waals surface area contributed by atoms with Crippen molar-refractivity contribution in [2.24, 2.45) is 5.92 Å². The van der Waals surface area contributed by atoms with Crippen LogP contribution in [0.1, 0.15) is 41.8 Å². The van der Waals surface area contributed by atoms with Gasteiger partial charge in [-0.3, -0.25) is 9.59 Å². The normalized spacial score (nSPS) is 13.5. The van der Waals surface area contributed by atoms with Crippen LogP contribution in [0.15, 0.2) is 36.4 Å². The Kier molecular flexibility index (Phi) is 6.99. The number of carbonyl (C=O) groups is 3. The molecule has 2 N–H and O–H groups in total. The third-order valence-corrected chi connectivity index (χ3v) is 5.12. The predicted octanol–water partition coefficient (Wildman–Crippen LogP) is 3.39. The number of anilines is 1. The highest BCUT2D eigenvalue weighted by Gasteiger charge is 2.29. The highest BCUT2D eigenvalue weighted by Crippen LogP contribution is 2.24. The molecule has 0 radical (unpaired) electrons. The summed E-state index contributed by atoms with van der Waals surface area (Å²) in [6, 6.07) is 7.52. The van der Waals surface area contributed by atoms with E-state index >= 15 is 0 Å². The number of hydrogen-bond acceptors (Lipinski definition) is 4. The number of halogens is 2. The molecular weight excluding hydrogens is 406 g/mol. The molecule has 0 bridgehead atoms. The zero-order chi connectivity index (χ0) is 22.5. The summed E-state index contributed by atoms with van der Waals surface area (Å²) in [5.74, 6) is -4.99. The van der Waals surface area contributed by atoms with Gasteiger partial charge in [0.1, 0.15) is 23.2 Å². The fourth-order valence-corrected chi connectivity index (χ4v) is 3.50. The lowest BCUT2D eigenvalue weighted by Gasteiger charge is -2.21. The fraction of sp³-hybridized carbons (Fsp3) is 0.348. The van der Waals surface area contributed by atoms with E-state index < -0.39 is 53.5 Å². The maximum Gasteiger partial charge on any atom is 0.329 e. The van der Waals surface area contributed by atoms with Crippen molar-refractivity contribution in [3.63, 3.8) is 0 Å². The van der Waals surface area contributed by atoms with E-state index in [4.69, 9.17) is 4.74 Å². The van der Waals surface area contributed by atoms with Crippen molar-refractivity contribution in [2.45, 2.75) is 39.2 Å². The van der Waals surface area contributed by atoms with Gasteiger partial charge in [-0.25, -0.2) is 13.6 Å². The lowest BCUT2D eigenvalue weighted by atomic mass is 10.0. The molecule has 31 heavy (non-hydrogen) atoms. The smallest absolute Gasteiger partial charge is 0.329 e. The van der Waals surface area contributed by atoms with E-state index in [-0.39, 0.29) is 0 Å². The molecule has 1 aliphatic rings. The number of carbonyl (C=O) groups excluding carboxylic acids is 3. The van der Waals surface area contributed by atoms with Crippen LogP contribution in [0.4, 0.5) is 14.5 Å². The molecule has 0 saturated heterocycles. The summed E-state index contributed by atoms with van der Waals surface area (Å²) >= 11 is 0. The average Bonchev–Trinajstić information content (AvgIpc) is 3.17. The number of fused-ring (bicyclic) bond motifs is 1. The third-order valence-electron chi connectivity index (χ3n) is 5.12. The molecule has 3 rings (SSSR count). The first kappa shape index (κ1) is 22.4. The van der Waals surface area contributed by atoms with Gasteiger partial charge in [0.05, 0.1) is 0 Å². The van der Waals surface area contributed by atoms with E-state index in [1.165, 1.54) is 11.1 Å². The zero-order valence-electron chi connectivity index (χ0n) is 17.3. The van der Waals surface area contributed by atoms with Crippen LogP contribution in [0.3, 0.4) is 0 Å². The predicted molar refractivity (Wildman–Crippen MR) is 111 cm³/mol. The summed E-state index contributed by atoms with van der Waals surface area (Å²) in [6.45, 7) is 2.71. The Balaban J connectivity index is 1.57. The molecule has 2 aromatic rings. The second kappa shape index (κ2) is 9.68. The second-order valence-electron chi connectivity index (χ2n) is 7.78. The van der Waals surface area contributed by atoms with Crippen LogP contribution in [0.5, 0.6) is 0 Å². The summed E-state index contributed by atoms with van der Waals surface area (Å²) in [5, 5.41) is 4.96. The minimum atomic E-state index is -1.18. The second-order valence-corrected chi connectivity index (χ2v) is 7.78. The minimum Gasteiger partial charge on any atom is -0.454 e.